The Morgan fingerprint density at radius 1 is 1.40 bits per heavy atom. The summed E-state index contributed by atoms with van der Waals surface area (Å²) in [5.41, 5.74) is -0.248. The Kier molecular flexibility index (Phi) is 3.91. The van der Waals surface area contributed by atoms with E-state index >= 15 is 0 Å². The standard InChI is InChI=1S/C8H17O2/c1-5-7(9)10-8(3,4)6-2/h7H,5-6H2,1-4H3. The molecular weight excluding hydrogens is 128 g/mol. The summed E-state index contributed by atoms with van der Waals surface area (Å²) in [4.78, 5) is 0. The number of rotatable bonds is 4. The minimum absolute atomic E-state index is 0.248. The molecule has 0 heterocycles. The van der Waals surface area contributed by atoms with E-state index < -0.39 is 6.29 Å². The van der Waals surface area contributed by atoms with Crippen molar-refractivity contribution in [3.8, 4) is 0 Å². The maximum absolute atomic E-state index is 10.8. The van der Waals surface area contributed by atoms with E-state index in [1.165, 1.54) is 0 Å². The summed E-state index contributed by atoms with van der Waals surface area (Å²) in [6.45, 7) is 7.73. The Hall–Kier alpha value is -0.0800. The number of ether oxygens (including phenoxy) is 1. The molecule has 0 saturated heterocycles. The molecule has 0 aromatic heterocycles. The molecule has 0 fully saturated rings. The zero-order valence-corrected chi connectivity index (χ0v) is 7.31. The van der Waals surface area contributed by atoms with Crippen LogP contribution in [0, 0.1) is 0 Å². The molecule has 1 radical (unpaired) electrons. The maximum atomic E-state index is 10.8. The van der Waals surface area contributed by atoms with E-state index in [2.05, 4.69) is 0 Å². The predicted molar refractivity (Wildman–Crippen MR) is 40.2 cm³/mol. The molecule has 0 rings (SSSR count). The quantitative estimate of drug-likeness (QED) is 0.558. The van der Waals surface area contributed by atoms with Gasteiger partial charge >= 0.3 is 0 Å². The molecule has 1 atom stereocenters. The monoisotopic (exact) mass is 145 g/mol. The van der Waals surface area contributed by atoms with Crippen molar-refractivity contribution in [1.82, 2.24) is 0 Å². The molecule has 0 aromatic rings. The first-order valence-electron chi connectivity index (χ1n) is 3.85. The van der Waals surface area contributed by atoms with Crippen molar-refractivity contribution < 1.29 is 9.84 Å². The molecule has 2 nitrogen and oxygen atoms in total. The summed E-state index contributed by atoms with van der Waals surface area (Å²) in [5, 5.41) is 10.8. The average molecular weight is 145 g/mol. The summed E-state index contributed by atoms with van der Waals surface area (Å²) in [6, 6.07) is 0. The minimum Gasteiger partial charge on any atom is -0.344 e. The Balaban J connectivity index is 3.64. The lowest BCUT2D eigenvalue weighted by molar-refractivity contribution is -0.202. The zero-order chi connectivity index (χ0) is 8.20. The molecule has 1 unspecified atom stereocenters. The molecule has 10 heavy (non-hydrogen) atoms. The molecule has 61 valence electrons. The van der Waals surface area contributed by atoms with Crippen LogP contribution in [0.15, 0.2) is 0 Å². The first-order chi connectivity index (χ1) is 4.52. The molecule has 0 N–H and O–H groups in total. The molecule has 0 amide bonds. The van der Waals surface area contributed by atoms with Crippen molar-refractivity contribution >= 4 is 0 Å². The normalized spacial score (nSPS) is 15.3. The summed E-state index contributed by atoms with van der Waals surface area (Å²) >= 11 is 0. The highest BCUT2D eigenvalue weighted by molar-refractivity contribution is 4.65. The summed E-state index contributed by atoms with van der Waals surface area (Å²) in [5.74, 6) is 0. The Bertz CT molecular complexity index is 89.3. The predicted octanol–water partition coefficient (Wildman–Crippen LogP) is 2.36. The van der Waals surface area contributed by atoms with Crippen LogP contribution >= 0.6 is 0 Å². The van der Waals surface area contributed by atoms with Gasteiger partial charge in [0.1, 0.15) is 0 Å². The van der Waals surface area contributed by atoms with Crippen LogP contribution in [-0.2, 0) is 9.84 Å². The fraction of sp³-hybridized carbons (Fsp3) is 1.00. The van der Waals surface area contributed by atoms with Crippen molar-refractivity contribution in [2.45, 2.75) is 52.4 Å². The summed E-state index contributed by atoms with van der Waals surface area (Å²) < 4.78 is 5.18. The highest BCUT2D eigenvalue weighted by Crippen LogP contribution is 2.16. The fourth-order valence-electron chi connectivity index (χ4n) is 0.523. The van der Waals surface area contributed by atoms with Gasteiger partial charge in [-0.15, -0.1) is 0 Å². The van der Waals surface area contributed by atoms with E-state index in [0.29, 0.717) is 6.42 Å². The Morgan fingerprint density at radius 3 is 2.20 bits per heavy atom. The van der Waals surface area contributed by atoms with Gasteiger partial charge in [-0.3, -0.25) is 0 Å². The van der Waals surface area contributed by atoms with Gasteiger partial charge in [0, 0.05) is 0 Å². The molecular formula is C8H17O2. The molecule has 2 heteroatoms. The van der Waals surface area contributed by atoms with Gasteiger partial charge in [-0.1, -0.05) is 13.8 Å². The molecule has 0 bridgehead atoms. The van der Waals surface area contributed by atoms with Crippen molar-refractivity contribution in [1.29, 1.82) is 0 Å². The first kappa shape index (κ1) is 9.92. The number of hydrogen-bond acceptors (Lipinski definition) is 1. The summed E-state index contributed by atoms with van der Waals surface area (Å²) in [7, 11) is 0. The number of hydrogen-bond donors (Lipinski definition) is 0. The van der Waals surface area contributed by atoms with Gasteiger partial charge in [-0.2, -0.15) is 0 Å². The third-order valence-electron chi connectivity index (χ3n) is 1.64. The minimum atomic E-state index is -0.852. The lowest BCUT2D eigenvalue weighted by Crippen LogP contribution is -2.28. The van der Waals surface area contributed by atoms with Crippen molar-refractivity contribution in [3.05, 3.63) is 0 Å². The maximum Gasteiger partial charge on any atom is 0.191 e. The van der Waals surface area contributed by atoms with E-state index in [-0.39, 0.29) is 5.60 Å². The smallest absolute Gasteiger partial charge is 0.191 e. The van der Waals surface area contributed by atoms with Crippen LogP contribution in [0.2, 0.25) is 0 Å². The average Bonchev–Trinajstić information content (AvgIpc) is 1.87. The van der Waals surface area contributed by atoms with Gasteiger partial charge in [-0.05, 0) is 26.7 Å². The van der Waals surface area contributed by atoms with Gasteiger partial charge in [0.15, 0.2) is 6.29 Å². The third kappa shape index (κ3) is 3.85. The highest BCUT2D eigenvalue weighted by Gasteiger charge is 2.19. The van der Waals surface area contributed by atoms with Crippen LogP contribution in [0.3, 0.4) is 0 Å². The lowest BCUT2D eigenvalue weighted by Gasteiger charge is -2.25. The fourth-order valence-corrected chi connectivity index (χ4v) is 0.523. The highest BCUT2D eigenvalue weighted by atomic mass is 16.6. The van der Waals surface area contributed by atoms with Gasteiger partial charge in [0.05, 0.1) is 5.60 Å². The SMILES string of the molecule is CCC([O])OC(C)(C)CC. The molecule has 0 aliphatic heterocycles. The van der Waals surface area contributed by atoms with Gasteiger partial charge in [-0.25, -0.2) is 5.11 Å². The molecule has 0 spiro atoms. The van der Waals surface area contributed by atoms with Gasteiger partial charge < -0.3 is 4.74 Å². The Morgan fingerprint density at radius 2 is 1.90 bits per heavy atom. The van der Waals surface area contributed by atoms with E-state index in [4.69, 9.17) is 4.74 Å². The largest absolute Gasteiger partial charge is 0.344 e. The Labute approximate surface area is 63.2 Å². The van der Waals surface area contributed by atoms with Gasteiger partial charge in [0.2, 0.25) is 0 Å². The van der Waals surface area contributed by atoms with Crippen molar-refractivity contribution in [3.63, 3.8) is 0 Å². The third-order valence-corrected chi connectivity index (χ3v) is 1.64. The second kappa shape index (κ2) is 3.94. The van der Waals surface area contributed by atoms with E-state index in [1.54, 1.807) is 0 Å². The van der Waals surface area contributed by atoms with Crippen LogP contribution in [0.5, 0.6) is 0 Å². The lowest BCUT2D eigenvalue weighted by atomic mass is 10.1. The molecule has 0 aliphatic carbocycles. The van der Waals surface area contributed by atoms with Crippen LogP contribution in [0.25, 0.3) is 0 Å². The zero-order valence-electron chi connectivity index (χ0n) is 7.31. The summed E-state index contributed by atoms with van der Waals surface area (Å²) in [6.07, 6.45) is 0.574. The van der Waals surface area contributed by atoms with E-state index in [0.717, 1.165) is 6.42 Å². The van der Waals surface area contributed by atoms with E-state index in [1.807, 2.05) is 27.7 Å². The topological polar surface area (TPSA) is 29.1 Å². The second-order valence-electron chi connectivity index (χ2n) is 3.07. The molecule has 0 saturated carbocycles. The molecule has 0 aliphatic rings. The van der Waals surface area contributed by atoms with Crippen LogP contribution in [0.4, 0.5) is 0 Å². The van der Waals surface area contributed by atoms with Crippen LogP contribution < -0.4 is 0 Å². The van der Waals surface area contributed by atoms with Crippen molar-refractivity contribution in [2.75, 3.05) is 0 Å². The van der Waals surface area contributed by atoms with E-state index in [9.17, 15) is 5.11 Å². The first-order valence-corrected chi connectivity index (χ1v) is 3.85. The van der Waals surface area contributed by atoms with Crippen LogP contribution in [-0.4, -0.2) is 11.9 Å². The van der Waals surface area contributed by atoms with Gasteiger partial charge in [0.25, 0.3) is 0 Å². The van der Waals surface area contributed by atoms with Crippen molar-refractivity contribution in [2.24, 2.45) is 0 Å². The van der Waals surface area contributed by atoms with Crippen LogP contribution in [0.1, 0.15) is 40.5 Å². The molecule has 0 aromatic carbocycles. The second-order valence-corrected chi connectivity index (χ2v) is 3.07.